The third-order valence-corrected chi connectivity index (χ3v) is 11.5. The Hall–Kier alpha value is -8.14. The molecule has 0 aliphatic carbocycles. The smallest absolute Gasteiger partial charge is 0.143 e. The van der Waals surface area contributed by atoms with E-state index in [0.29, 0.717) is 33.2 Å². The largest absolute Gasteiger partial charge is 0.456 e. The molecule has 0 amide bonds. The van der Waals surface area contributed by atoms with Crippen LogP contribution in [0.25, 0.3) is 99.2 Å². The number of fused-ring (bicyclic) bond motifs is 8. The molecule has 10 aromatic carbocycles. The van der Waals surface area contributed by atoms with Gasteiger partial charge in [0.1, 0.15) is 22.3 Å². The Morgan fingerprint density at radius 2 is 1.03 bits per heavy atom. The van der Waals surface area contributed by atoms with Gasteiger partial charge in [0.05, 0.1) is 12.5 Å². The average Bonchev–Trinajstić information content (AvgIpc) is 3.95. The number of nitrogens with zero attached hydrogens (tertiary/aromatic N) is 1. The van der Waals surface area contributed by atoms with E-state index in [1.807, 2.05) is 121 Å². The lowest BCUT2D eigenvalue weighted by atomic mass is 9.92. The first-order chi connectivity index (χ1) is 32.4. The molecule has 0 unspecified atom stereocenters. The molecule has 286 valence electrons. The molecule has 0 N–H and O–H groups in total. The lowest BCUT2D eigenvalue weighted by Crippen LogP contribution is -2.11. The highest BCUT2D eigenvalue weighted by Crippen LogP contribution is 2.46. The summed E-state index contributed by atoms with van der Waals surface area (Å²) in [7, 11) is 0. The second-order valence-corrected chi connectivity index (χ2v) is 15.2. The maximum absolute atomic E-state index is 9.95. The van der Waals surface area contributed by atoms with Crippen LogP contribution in [-0.2, 0) is 0 Å². The number of benzene rings is 10. The van der Waals surface area contributed by atoms with Crippen LogP contribution in [-0.4, -0.2) is 0 Å². The second-order valence-electron chi connectivity index (χ2n) is 15.2. The Labute approximate surface area is 360 Å². The van der Waals surface area contributed by atoms with Gasteiger partial charge in [-0.1, -0.05) is 152 Å². The van der Waals surface area contributed by atoms with E-state index in [1.165, 1.54) is 0 Å². The molecule has 12 aromatic rings. The standard InChI is InChI=1S/C58H37NO2/c1-4-15-38(16-5-1)41-28-31-50-55(35-41)60-56-36-44(39-17-6-2-7-18-39)34-51(57(50)56)43-21-14-20-42(33-43)47-24-12-13-26-53(47)59(45-22-8-3-9-23-45)46-29-32-54-52(37-46)49-30-27-40-19-10-11-25-48(40)58(49)61-54/h1-37H/i28D,31D,34D,35D,36D. The van der Waals surface area contributed by atoms with Gasteiger partial charge in [0.15, 0.2) is 0 Å². The molecule has 12 rings (SSSR count). The first-order valence-electron chi connectivity index (χ1n) is 22.8. The lowest BCUT2D eigenvalue weighted by molar-refractivity contribution is 0.669. The molecule has 3 heteroatoms. The molecule has 0 bridgehead atoms. The predicted molar refractivity (Wildman–Crippen MR) is 255 cm³/mol. The molecular weight excluding hydrogens is 743 g/mol. The predicted octanol–water partition coefficient (Wildman–Crippen LogP) is 16.8. The van der Waals surface area contributed by atoms with Crippen LogP contribution in [0.1, 0.15) is 6.85 Å². The Bertz CT molecular complexity index is 3880. The Kier molecular flexibility index (Phi) is 7.03. The molecule has 0 saturated carbocycles. The van der Waals surface area contributed by atoms with Crippen LogP contribution >= 0.6 is 0 Å². The molecule has 0 aliphatic rings. The van der Waals surface area contributed by atoms with Gasteiger partial charge in [0.25, 0.3) is 0 Å². The van der Waals surface area contributed by atoms with Crippen molar-refractivity contribution in [2.45, 2.75) is 0 Å². The molecule has 0 aliphatic heterocycles. The summed E-state index contributed by atoms with van der Waals surface area (Å²) in [5.41, 5.74) is 9.68. The third-order valence-electron chi connectivity index (χ3n) is 11.5. The SMILES string of the molecule is [2H]c1c(-c2ccccc2)c([2H])c2oc3c([2H])c(-c4ccccc4)c([2H])c(-c4cccc(-c5ccccc5N(c5ccccc5)c5ccc6oc7c8ccccc8ccc7c6c5)c4)c3c2c1[2H]. The zero-order valence-electron chi connectivity index (χ0n) is 37.7. The average molecular weight is 785 g/mol. The van der Waals surface area contributed by atoms with Crippen LogP contribution in [0, 0.1) is 0 Å². The normalized spacial score (nSPS) is 12.8. The molecule has 0 atom stereocenters. The molecule has 61 heavy (non-hydrogen) atoms. The number of para-hydroxylation sites is 2. The molecular formula is C58H37NO2. The Balaban J connectivity index is 1.08. The minimum atomic E-state index is -0.123. The van der Waals surface area contributed by atoms with E-state index in [9.17, 15) is 6.85 Å². The minimum absolute atomic E-state index is 0.0108. The summed E-state index contributed by atoms with van der Waals surface area (Å²) in [6.07, 6.45) is 0. The lowest BCUT2D eigenvalue weighted by Gasteiger charge is -2.28. The number of rotatable bonds is 7. The fraction of sp³-hybridized carbons (Fsp3) is 0. The van der Waals surface area contributed by atoms with Crippen LogP contribution in [0.4, 0.5) is 17.1 Å². The van der Waals surface area contributed by atoms with Crippen molar-refractivity contribution in [3.63, 3.8) is 0 Å². The van der Waals surface area contributed by atoms with Crippen molar-refractivity contribution in [1.82, 2.24) is 0 Å². The van der Waals surface area contributed by atoms with Crippen molar-refractivity contribution >= 4 is 71.7 Å². The van der Waals surface area contributed by atoms with Gasteiger partial charge in [-0.2, -0.15) is 0 Å². The van der Waals surface area contributed by atoms with Crippen LogP contribution in [0.5, 0.6) is 0 Å². The second kappa shape index (κ2) is 14.3. The van der Waals surface area contributed by atoms with Crippen LogP contribution < -0.4 is 4.90 Å². The van der Waals surface area contributed by atoms with Crippen molar-refractivity contribution in [3.8, 4) is 44.5 Å². The Morgan fingerprint density at radius 1 is 0.361 bits per heavy atom. The summed E-state index contributed by atoms with van der Waals surface area (Å²) >= 11 is 0. The third kappa shape index (κ3) is 5.98. The summed E-state index contributed by atoms with van der Waals surface area (Å²) in [5.74, 6) is 0. The topological polar surface area (TPSA) is 29.5 Å². The summed E-state index contributed by atoms with van der Waals surface area (Å²) in [6.45, 7) is 0. The van der Waals surface area contributed by atoms with E-state index >= 15 is 0 Å². The van der Waals surface area contributed by atoms with Crippen molar-refractivity contribution < 1.29 is 15.7 Å². The van der Waals surface area contributed by atoms with E-state index in [4.69, 9.17) is 8.83 Å². The highest BCUT2D eigenvalue weighted by molar-refractivity contribution is 6.16. The van der Waals surface area contributed by atoms with Gasteiger partial charge in [-0.05, 0) is 117 Å². The van der Waals surface area contributed by atoms with E-state index in [2.05, 4.69) is 77.7 Å². The van der Waals surface area contributed by atoms with E-state index in [0.717, 1.165) is 60.9 Å². The van der Waals surface area contributed by atoms with Gasteiger partial charge in [-0.15, -0.1) is 0 Å². The first-order valence-corrected chi connectivity index (χ1v) is 20.3. The summed E-state index contributed by atoms with van der Waals surface area (Å²) in [4.78, 5) is 2.25. The van der Waals surface area contributed by atoms with E-state index < -0.39 is 0 Å². The van der Waals surface area contributed by atoms with Crippen LogP contribution in [0.2, 0.25) is 0 Å². The van der Waals surface area contributed by atoms with Crippen molar-refractivity contribution in [2.24, 2.45) is 0 Å². The highest BCUT2D eigenvalue weighted by Gasteiger charge is 2.21. The van der Waals surface area contributed by atoms with Gasteiger partial charge in [-0.25, -0.2) is 0 Å². The molecule has 0 spiro atoms. The number of hydrogen-bond donors (Lipinski definition) is 0. The van der Waals surface area contributed by atoms with E-state index in [1.54, 1.807) is 0 Å². The van der Waals surface area contributed by atoms with Gasteiger partial charge in [0.2, 0.25) is 0 Å². The summed E-state index contributed by atoms with van der Waals surface area (Å²) in [5, 5.41) is 4.86. The van der Waals surface area contributed by atoms with Crippen LogP contribution in [0.15, 0.2) is 233 Å². The van der Waals surface area contributed by atoms with Gasteiger partial charge >= 0.3 is 0 Å². The maximum atomic E-state index is 9.95. The highest BCUT2D eigenvalue weighted by atomic mass is 16.3. The maximum Gasteiger partial charge on any atom is 0.143 e. The number of furan rings is 2. The van der Waals surface area contributed by atoms with Gasteiger partial charge in [-0.3, -0.25) is 0 Å². The molecule has 0 saturated heterocycles. The molecule has 0 fully saturated rings. The summed E-state index contributed by atoms with van der Waals surface area (Å²) < 4.78 is 60.7. The first kappa shape index (κ1) is 30.0. The number of anilines is 3. The van der Waals surface area contributed by atoms with E-state index in [-0.39, 0.29) is 52.3 Å². The fourth-order valence-corrected chi connectivity index (χ4v) is 8.67. The molecule has 2 heterocycles. The minimum Gasteiger partial charge on any atom is -0.456 e. The van der Waals surface area contributed by atoms with Gasteiger partial charge in [0, 0.05) is 43.9 Å². The van der Waals surface area contributed by atoms with Crippen molar-refractivity contribution in [2.75, 3.05) is 4.90 Å². The van der Waals surface area contributed by atoms with Crippen LogP contribution in [0.3, 0.4) is 0 Å². The molecule has 0 radical (unpaired) electrons. The molecule has 3 nitrogen and oxygen atoms in total. The summed E-state index contributed by atoms with van der Waals surface area (Å²) in [6, 6.07) is 63.8. The number of hydrogen-bond acceptors (Lipinski definition) is 3. The molecule has 2 aromatic heterocycles. The monoisotopic (exact) mass is 784 g/mol. The zero-order chi connectivity index (χ0) is 44.6. The van der Waals surface area contributed by atoms with Gasteiger partial charge < -0.3 is 13.7 Å². The fourth-order valence-electron chi connectivity index (χ4n) is 8.67. The Morgan fingerprint density at radius 3 is 1.85 bits per heavy atom. The zero-order valence-corrected chi connectivity index (χ0v) is 32.7. The van der Waals surface area contributed by atoms with Crippen molar-refractivity contribution in [3.05, 3.63) is 224 Å². The quantitative estimate of drug-likeness (QED) is 0.161. The van der Waals surface area contributed by atoms with Crippen molar-refractivity contribution in [1.29, 1.82) is 0 Å².